The molecule has 1 amide bonds. The number of hydrogen-bond donors (Lipinski definition) is 1. The molecule has 0 fully saturated rings. The van der Waals surface area contributed by atoms with Crippen molar-refractivity contribution in [2.45, 2.75) is 6.92 Å². The number of nitrogens with zero attached hydrogens (tertiary/aromatic N) is 2. The molecule has 0 atom stereocenters. The number of halogens is 1. The first-order valence-electron chi connectivity index (χ1n) is 6.74. The molecule has 0 aliphatic carbocycles. The summed E-state index contributed by atoms with van der Waals surface area (Å²) in [6.45, 7) is 1.46. The quantitative estimate of drug-likeness (QED) is 0.756. The maximum Gasteiger partial charge on any atom is 0.269 e. The number of aromatic nitrogens is 2. The summed E-state index contributed by atoms with van der Waals surface area (Å²) in [4.78, 5) is 16.2. The topological polar surface area (TPSA) is 68.0 Å². The van der Waals surface area contributed by atoms with Crippen LogP contribution in [0.4, 0.5) is 5.69 Å². The van der Waals surface area contributed by atoms with Gasteiger partial charge in [-0.2, -0.15) is 4.98 Å². The van der Waals surface area contributed by atoms with Crippen LogP contribution in [0.15, 0.2) is 46.3 Å². The Labute approximate surface area is 141 Å². The lowest BCUT2D eigenvalue weighted by atomic mass is 10.2. The molecule has 0 saturated carbocycles. The minimum Gasteiger partial charge on any atom is -0.333 e. The summed E-state index contributed by atoms with van der Waals surface area (Å²) in [5, 5.41) is 8.92. The summed E-state index contributed by atoms with van der Waals surface area (Å²) in [6.07, 6.45) is 1.73. The van der Waals surface area contributed by atoms with Crippen molar-refractivity contribution in [3.8, 4) is 10.7 Å². The number of hydrogen-bond acceptors (Lipinski definition) is 5. The highest BCUT2D eigenvalue weighted by Gasteiger charge is 2.12. The van der Waals surface area contributed by atoms with Gasteiger partial charge in [0.1, 0.15) is 5.03 Å². The lowest BCUT2D eigenvalue weighted by molar-refractivity contribution is -0.114. The monoisotopic (exact) mass is 345 g/mol. The molecular weight excluding hydrogens is 334 g/mol. The molecule has 3 aromatic rings. The molecule has 0 unspecified atom stereocenters. The van der Waals surface area contributed by atoms with Gasteiger partial charge in [0.2, 0.25) is 11.7 Å². The molecule has 0 spiro atoms. The van der Waals surface area contributed by atoms with Crippen LogP contribution in [0.2, 0.25) is 0 Å². The Morgan fingerprint density at radius 3 is 2.74 bits per heavy atom. The Hall–Kier alpha value is -2.44. The van der Waals surface area contributed by atoms with Crippen molar-refractivity contribution in [3.05, 3.63) is 53.2 Å². The number of carbonyl (C=O) groups excluding carboxylic acids is 1. The fraction of sp³-hybridized carbons (Fsp3) is 0.0625. The molecule has 1 aromatic carbocycles. The maximum absolute atomic E-state index is 11.0. The normalized spacial score (nSPS) is 11.5. The number of benzene rings is 1. The zero-order valence-electron chi connectivity index (χ0n) is 12.1. The van der Waals surface area contributed by atoms with E-state index in [-0.39, 0.29) is 11.8 Å². The maximum atomic E-state index is 11.0. The third-order valence-electron chi connectivity index (χ3n) is 2.90. The SMILES string of the molecule is CC(=O)Nc1ccc(/C=C(\Cl)c2nc(-c3cccs3)no2)cc1. The van der Waals surface area contributed by atoms with E-state index in [0.29, 0.717) is 10.9 Å². The number of rotatable bonds is 4. The summed E-state index contributed by atoms with van der Waals surface area (Å²) in [5.41, 5.74) is 1.59. The molecule has 0 aliphatic rings. The van der Waals surface area contributed by atoms with E-state index in [1.165, 1.54) is 18.3 Å². The summed E-state index contributed by atoms with van der Waals surface area (Å²) in [6, 6.07) is 11.1. The van der Waals surface area contributed by atoms with Crippen LogP contribution < -0.4 is 5.32 Å². The molecule has 2 aromatic heterocycles. The average Bonchev–Trinajstić information content (AvgIpc) is 3.19. The van der Waals surface area contributed by atoms with E-state index in [0.717, 1.165) is 16.1 Å². The Bertz CT molecular complexity index is 839. The third-order valence-corrected chi connectivity index (χ3v) is 4.03. The van der Waals surface area contributed by atoms with E-state index in [4.69, 9.17) is 16.1 Å². The zero-order valence-corrected chi connectivity index (χ0v) is 13.7. The van der Waals surface area contributed by atoms with Gasteiger partial charge in [-0.15, -0.1) is 11.3 Å². The summed E-state index contributed by atoms with van der Waals surface area (Å²) in [7, 11) is 0. The Kier molecular flexibility index (Phi) is 4.55. The minimum absolute atomic E-state index is 0.113. The minimum atomic E-state index is -0.113. The Morgan fingerprint density at radius 2 is 2.09 bits per heavy atom. The van der Waals surface area contributed by atoms with Crippen LogP contribution in [-0.4, -0.2) is 16.0 Å². The third kappa shape index (κ3) is 3.85. The summed E-state index contributed by atoms with van der Waals surface area (Å²) in [5.74, 6) is 0.668. The second-order valence-corrected chi connectivity index (χ2v) is 6.05. The van der Waals surface area contributed by atoms with E-state index < -0.39 is 0 Å². The van der Waals surface area contributed by atoms with Gasteiger partial charge in [-0.05, 0) is 35.2 Å². The molecule has 0 saturated heterocycles. The van der Waals surface area contributed by atoms with Crippen molar-refractivity contribution in [2.24, 2.45) is 0 Å². The zero-order chi connectivity index (χ0) is 16.2. The first kappa shape index (κ1) is 15.5. The van der Waals surface area contributed by atoms with Crippen LogP contribution in [-0.2, 0) is 4.79 Å². The van der Waals surface area contributed by atoms with E-state index in [9.17, 15) is 4.79 Å². The molecule has 3 rings (SSSR count). The second kappa shape index (κ2) is 6.76. The number of nitrogens with one attached hydrogen (secondary N) is 1. The fourth-order valence-corrected chi connectivity index (χ4v) is 2.75. The molecule has 5 nitrogen and oxygen atoms in total. The lowest BCUT2D eigenvalue weighted by Crippen LogP contribution is -2.05. The number of amides is 1. The van der Waals surface area contributed by atoms with Gasteiger partial charge < -0.3 is 9.84 Å². The van der Waals surface area contributed by atoms with Gasteiger partial charge >= 0.3 is 0 Å². The number of thiophene rings is 1. The molecule has 1 N–H and O–H groups in total. The summed E-state index contributed by atoms with van der Waals surface area (Å²) < 4.78 is 5.19. The van der Waals surface area contributed by atoms with Crippen molar-refractivity contribution in [1.29, 1.82) is 0 Å². The Morgan fingerprint density at radius 1 is 1.30 bits per heavy atom. The molecule has 116 valence electrons. The molecule has 0 radical (unpaired) electrons. The predicted molar refractivity (Wildman–Crippen MR) is 92.1 cm³/mol. The Balaban J connectivity index is 1.78. The van der Waals surface area contributed by atoms with Crippen molar-refractivity contribution in [2.75, 3.05) is 5.32 Å². The largest absolute Gasteiger partial charge is 0.333 e. The van der Waals surface area contributed by atoms with Crippen LogP contribution in [0.5, 0.6) is 0 Å². The molecule has 0 aliphatic heterocycles. The molecule has 23 heavy (non-hydrogen) atoms. The van der Waals surface area contributed by atoms with E-state index in [2.05, 4.69) is 15.5 Å². The van der Waals surface area contributed by atoms with Crippen LogP contribution in [0.3, 0.4) is 0 Å². The van der Waals surface area contributed by atoms with Gasteiger partial charge in [0.15, 0.2) is 0 Å². The number of carbonyl (C=O) groups is 1. The van der Waals surface area contributed by atoms with Crippen LogP contribution >= 0.6 is 22.9 Å². The van der Waals surface area contributed by atoms with Crippen LogP contribution in [0, 0.1) is 0 Å². The van der Waals surface area contributed by atoms with Gasteiger partial charge in [0.25, 0.3) is 5.89 Å². The van der Waals surface area contributed by atoms with Crippen molar-refractivity contribution in [3.63, 3.8) is 0 Å². The van der Waals surface area contributed by atoms with Crippen LogP contribution in [0.25, 0.3) is 21.8 Å². The van der Waals surface area contributed by atoms with E-state index >= 15 is 0 Å². The lowest BCUT2D eigenvalue weighted by Gasteiger charge is -2.01. The standard InChI is InChI=1S/C16H12ClN3O2S/c1-10(21)18-12-6-4-11(5-7-12)9-13(17)16-19-15(20-22-16)14-3-2-8-23-14/h2-9H,1H3,(H,18,21)/b13-9-. The molecular formula is C16H12ClN3O2S. The van der Waals surface area contributed by atoms with Gasteiger partial charge in [-0.25, -0.2) is 0 Å². The highest BCUT2D eigenvalue weighted by Crippen LogP contribution is 2.26. The molecule has 7 heteroatoms. The first-order valence-corrected chi connectivity index (χ1v) is 8.00. The molecule has 2 heterocycles. The van der Waals surface area contributed by atoms with E-state index in [1.54, 1.807) is 18.2 Å². The van der Waals surface area contributed by atoms with Gasteiger partial charge in [0.05, 0.1) is 4.88 Å². The van der Waals surface area contributed by atoms with Gasteiger partial charge in [-0.1, -0.05) is 35.0 Å². The highest BCUT2D eigenvalue weighted by molar-refractivity contribution is 7.13. The second-order valence-electron chi connectivity index (χ2n) is 4.70. The van der Waals surface area contributed by atoms with Gasteiger partial charge in [-0.3, -0.25) is 4.79 Å². The van der Waals surface area contributed by atoms with E-state index in [1.807, 2.05) is 29.6 Å². The smallest absolute Gasteiger partial charge is 0.269 e. The summed E-state index contributed by atoms with van der Waals surface area (Å²) >= 11 is 7.77. The van der Waals surface area contributed by atoms with Crippen molar-refractivity contribution in [1.82, 2.24) is 10.1 Å². The number of anilines is 1. The van der Waals surface area contributed by atoms with Crippen molar-refractivity contribution >= 4 is 45.6 Å². The average molecular weight is 346 g/mol. The van der Waals surface area contributed by atoms with Crippen LogP contribution in [0.1, 0.15) is 18.4 Å². The fourth-order valence-electron chi connectivity index (χ4n) is 1.90. The van der Waals surface area contributed by atoms with Gasteiger partial charge in [0, 0.05) is 12.6 Å². The molecule has 0 bridgehead atoms. The first-order chi connectivity index (χ1) is 11.1. The highest BCUT2D eigenvalue weighted by atomic mass is 35.5. The predicted octanol–water partition coefficient (Wildman–Crippen LogP) is 4.49. The van der Waals surface area contributed by atoms with Crippen molar-refractivity contribution < 1.29 is 9.32 Å².